The van der Waals surface area contributed by atoms with Gasteiger partial charge < -0.3 is 5.32 Å². The van der Waals surface area contributed by atoms with Crippen LogP contribution in [0.15, 0.2) is 35.7 Å². The second-order valence-electron chi connectivity index (χ2n) is 7.00. The minimum atomic E-state index is 0.0790. The van der Waals surface area contributed by atoms with E-state index in [-0.39, 0.29) is 5.91 Å². The zero-order valence-corrected chi connectivity index (χ0v) is 15.9. The highest BCUT2D eigenvalue weighted by Gasteiger charge is 2.28. The first-order valence-electron chi connectivity index (χ1n) is 8.94. The summed E-state index contributed by atoms with van der Waals surface area (Å²) in [5.74, 6) is 1.66. The summed E-state index contributed by atoms with van der Waals surface area (Å²) in [6, 6.07) is 8.40. The fraction of sp³-hybridized carbons (Fsp3) is 0.526. The molecule has 0 aliphatic heterocycles. The smallest absolute Gasteiger partial charge is 0.230 e. The van der Waals surface area contributed by atoms with Gasteiger partial charge in [-0.3, -0.25) is 9.36 Å². The van der Waals surface area contributed by atoms with E-state index in [1.54, 1.807) is 6.33 Å². The van der Waals surface area contributed by atoms with Crippen molar-refractivity contribution in [2.45, 2.75) is 51.2 Å². The predicted octanol–water partition coefficient (Wildman–Crippen LogP) is 3.61. The highest BCUT2D eigenvalue weighted by molar-refractivity contribution is 7.99. The second-order valence-corrected chi connectivity index (χ2v) is 7.94. The summed E-state index contributed by atoms with van der Waals surface area (Å²) >= 11 is 1.43. The average Bonchev–Trinajstić information content (AvgIpc) is 3.06. The van der Waals surface area contributed by atoms with E-state index >= 15 is 0 Å². The van der Waals surface area contributed by atoms with E-state index in [0.29, 0.717) is 23.6 Å². The van der Waals surface area contributed by atoms with Gasteiger partial charge in [0.2, 0.25) is 5.91 Å². The molecule has 1 fully saturated rings. The molecule has 25 heavy (non-hydrogen) atoms. The van der Waals surface area contributed by atoms with Crippen molar-refractivity contribution in [3.63, 3.8) is 0 Å². The zero-order valence-electron chi connectivity index (χ0n) is 15.1. The third-order valence-corrected chi connectivity index (χ3v) is 6.22. The van der Waals surface area contributed by atoms with Crippen molar-refractivity contribution < 1.29 is 4.79 Å². The van der Waals surface area contributed by atoms with E-state index in [4.69, 9.17) is 0 Å². The molecule has 3 atom stereocenters. The van der Waals surface area contributed by atoms with Crippen LogP contribution in [0.5, 0.6) is 0 Å². The molecule has 1 aliphatic carbocycles. The van der Waals surface area contributed by atoms with Crippen LogP contribution in [-0.2, 0) is 4.79 Å². The Morgan fingerprint density at radius 3 is 2.92 bits per heavy atom. The molecule has 2 aromatic rings. The number of carbonyl (C=O) groups excluding carboxylic acids is 1. The molecule has 1 aliphatic rings. The van der Waals surface area contributed by atoms with E-state index in [0.717, 1.165) is 22.8 Å². The van der Waals surface area contributed by atoms with Gasteiger partial charge >= 0.3 is 0 Å². The van der Waals surface area contributed by atoms with Gasteiger partial charge in [0.15, 0.2) is 5.16 Å². The number of nitrogens with one attached hydrogen (secondary N) is 1. The van der Waals surface area contributed by atoms with Crippen LogP contribution in [0.3, 0.4) is 0 Å². The van der Waals surface area contributed by atoms with E-state index < -0.39 is 0 Å². The van der Waals surface area contributed by atoms with E-state index in [9.17, 15) is 4.79 Å². The summed E-state index contributed by atoms with van der Waals surface area (Å²) in [5.41, 5.74) is 2.20. The lowest BCUT2D eigenvalue weighted by Crippen LogP contribution is -2.44. The fourth-order valence-electron chi connectivity index (χ4n) is 3.49. The van der Waals surface area contributed by atoms with Crippen molar-refractivity contribution in [2.24, 2.45) is 11.8 Å². The average molecular weight is 359 g/mol. The van der Waals surface area contributed by atoms with Crippen molar-refractivity contribution in [2.75, 3.05) is 5.75 Å². The second kappa shape index (κ2) is 8.04. The first kappa shape index (κ1) is 18.0. The number of aryl methyl sites for hydroxylation is 1. The highest BCUT2D eigenvalue weighted by Crippen LogP contribution is 2.29. The number of rotatable bonds is 5. The topological polar surface area (TPSA) is 59.8 Å². The number of carbonyl (C=O) groups is 1. The molecule has 1 saturated carbocycles. The van der Waals surface area contributed by atoms with Crippen molar-refractivity contribution >= 4 is 17.7 Å². The standard InChI is InChI=1S/C19H26N4OS/c1-13-8-6-9-16(15(13)3)21-18(24)11-25-19-22-20-12-23(19)17-10-5-4-7-14(17)2/h4-5,7,10,12-13,15-16H,6,8-9,11H2,1-3H3,(H,21,24)/t13-,15+,16+/m0/s1. The summed E-state index contributed by atoms with van der Waals surface area (Å²) in [6.07, 6.45) is 5.25. The molecule has 1 amide bonds. The van der Waals surface area contributed by atoms with Gasteiger partial charge in [0.05, 0.1) is 11.4 Å². The molecule has 0 saturated heterocycles. The largest absolute Gasteiger partial charge is 0.352 e. The summed E-state index contributed by atoms with van der Waals surface area (Å²) in [6.45, 7) is 6.58. The molecule has 1 heterocycles. The fourth-order valence-corrected chi connectivity index (χ4v) is 4.22. The molecule has 0 unspecified atom stereocenters. The van der Waals surface area contributed by atoms with Crippen molar-refractivity contribution in [1.82, 2.24) is 20.1 Å². The minimum Gasteiger partial charge on any atom is -0.352 e. The molecule has 1 N–H and O–H groups in total. The zero-order chi connectivity index (χ0) is 17.8. The van der Waals surface area contributed by atoms with Gasteiger partial charge in [-0.25, -0.2) is 0 Å². The van der Waals surface area contributed by atoms with Crippen molar-refractivity contribution in [3.8, 4) is 5.69 Å². The Labute approximate surface area is 153 Å². The Morgan fingerprint density at radius 1 is 1.32 bits per heavy atom. The molecule has 3 rings (SSSR count). The number of para-hydroxylation sites is 1. The molecular formula is C19H26N4OS. The third kappa shape index (κ3) is 4.24. The van der Waals surface area contributed by atoms with Gasteiger partial charge in [-0.1, -0.05) is 56.7 Å². The maximum Gasteiger partial charge on any atom is 0.230 e. The number of aromatic nitrogens is 3. The van der Waals surface area contributed by atoms with Crippen LogP contribution in [0.1, 0.15) is 38.7 Å². The molecule has 6 heteroatoms. The highest BCUT2D eigenvalue weighted by atomic mass is 32.2. The lowest BCUT2D eigenvalue weighted by molar-refractivity contribution is -0.120. The summed E-state index contributed by atoms with van der Waals surface area (Å²) < 4.78 is 1.94. The Hall–Kier alpha value is -1.82. The Morgan fingerprint density at radius 2 is 2.12 bits per heavy atom. The molecule has 5 nitrogen and oxygen atoms in total. The maximum absolute atomic E-state index is 12.4. The van der Waals surface area contributed by atoms with Crippen LogP contribution in [0.2, 0.25) is 0 Å². The summed E-state index contributed by atoms with van der Waals surface area (Å²) in [4.78, 5) is 12.4. The van der Waals surface area contributed by atoms with Crippen LogP contribution in [-0.4, -0.2) is 32.5 Å². The van der Waals surface area contributed by atoms with E-state index in [1.165, 1.54) is 24.6 Å². The molecule has 1 aromatic carbocycles. The third-order valence-electron chi connectivity index (χ3n) is 5.28. The quantitative estimate of drug-likeness (QED) is 0.830. The molecule has 134 valence electrons. The van der Waals surface area contributed by atoms with Crippen LogP contribution in [0.25, 0.3) is 5.69 Å². The lowest BCUT2D eigenvalue weighted by Gasteiger charge is -2.34. The molecular weight excluding hydrogens is 332 g/mol. The minimum absolute atomic E-state index is 0.0790. The van der Waals surface area contributed by atoms with Crippen molar-refractivity contribution in [3.05, 3.63) is 36.2 Å². The van der Waals surface area contributed by atoms with Gasteiger partial charge in [0.1, 0.15) is 6.33 Å². The van der Waals surface area contributed by atoms with Crippen LogP contribution < -0.4 is 5.32 Å². The monoisotopic (exact) mass is 358 g/mol. The number of hydrogen-bond donors (Lipinski definition) is 1. The Bertz CT molecular complexity index is 730. The summed E-state index contributed by atoms with van der Waals surface area (Å²) in [5, 5.41) is 12.2. The normalized spacial score (nSPS) is 23.4. The first-order chi connectivity index (χ1) is 12.1. The van der Waals surface area contributed by atoms with Gasteiger partial charge in [-0.05, 0) is 36.8 Å². The molecule has 0 radical (unpaired) electrons. The number of benzene rings is 1. The number of amides is 1. The molecule has 1 aromatic heterocycles. The van der Waals surface area contributed by atoms with Crippen LogP contribution in [0, 0.1) is 18.8 Å². The lowest BCUT2D eigenvalue weighted by atomic mass is 9.78. The van der Waals surface area contributed by atoms with Crippen LogP contribution >= 0.6 is 11.8 Å². The van der Waals surface area contributed by atoms with E-state index in [1.807, 2.05) is 22.8 Å². The Kier molecular flexibility index (Phi) is 5.78. The van der Waals surface area contributed by atoms with Gasteiger partial charge in [-0.15, -0.1) is 10.2 Å². The molecule has 0 bridgehead atoms. The Balaban J connectivity index is 1.60. The SMILES string of the molecule is Cc1ccccc1-n1cnnc1SCC(=O)N[C@@H]1CCC[C@H](C)[C@H]1C. The van der Waals surface area contributed by atoms with Gasteiger partial charge in [-0.2, -0.15) is 0 Å². The number of hydrogen-bond acceptors (Lipinski definition) is 4. The van der Waals surface area contributed by atoms with Gasteiger partial charge in [0, 0.05) is 6.04 Å². The van der Waals surface area contributed by atoms with Crippen LogP contribution in [0.4, 0.5) is 0 Å². The maximum atomic E-state index is 12.4. The first-order valence-corrected chi connectivity index (χ1v) is 9.93. The summed E-state index contributed by atoms with van der Waals surface area (Å²) in [7, 11) is 0. The van der Waals surface area contributed by atoms with E-state index in [2.05, 4.69) is 42.4 Å². The molecule has 0 spiro atoms. The van der Waals surface area contributed by atoms with Crippen molar-refractivity contribution in [1.29, 1.82) is 0 Å². The van der Waals surface area contributed by atoms with Gasteiger partial charge in [0.25, 0.3) is 0 Å². The number of thioether (sulfide) groups is 1. The predicted molar refractivity (Wildman–Crippen MR) is 101 cm³/mol. The number of nitrogens with zero attached hydrogens (tertiary/aromatic N) is 3.